The van der Waals surface area contributed by atoms with Gasteiger partial charge in [0.2, 0.25) is 0 Å². The van der Waals surface area contributed by atoms with E-state index in [1.165, 1.54) is 21.8 Å². The highest BCUT2D eigenvalue weighted by molar-refractivity contribution is 6.09. The fourth-order valence-corrected chi connectivity index (χ4v) is 4.39. The summed E-state index contributed by atoms with van der Waals surface area (Å²) in [4.78, 5) is 0. The number of allylic oxidation sites excluding steroid dienone is 6. The molecule has 3 aromatic carbocycles. The van der Waals surface area contributed by atoms with E-state index in [0.717, 1.165) is 11.3 Å². The minimum Gasteiger partial charge on any atom is -0.461 e. The van der Waals surface area contributed by atoms with Crippen LogP contribution >= 0.6 is 0 Å². The molecule has 0 fully saturated rings. The summed E-state index contributed by atoms with van der Waals surface area (Å²) in [6, 6.07) is 29.3. The number of para-hydroxylation sites is 2. The number of hydrogen-bond donors (Lipinski definition) is 0. The Labute approximate surface area is 211 Å². The summed E-state index contributed by atoms with van der Waals surface area (Å²) in [5, 5.41) is 21.2. The average Bonchev–Trinajstić information content (AvgIpc) is 3.22. The van der Waals surface area contributed by atoms with Gasteiger partial charge in [0, 0.05) is 27.4 Å². The zero-order valence-electron chi connectivity index (χ0n) is 20.5. The van der Waals surface area contributed by atoms with E-state index >= 15 is 0 Å². The molecule has 1 aromatic heterocycles. The molecular formula is C32H25N3O. The van der Waals surface area contributed by atoms with Gasteiger partial charge in [0.15, 0.2) is 0 Å². The molecular weight excluding hydrogens is 442 g/mol. The number of rotatable bonds is 3. The Balaban J connectivity index is 1.48. The number of nitrogens with zero attached hydrogens (tertiary/aromatic N) is 3. The number of benzene rings is 3. The molecule has 0 N–H and O–H groups in total. The van der Waals surface area contributed by atoms with E-state index < -0.39 is 0 Å². The summed E-state index contributed by atoms with van der Waals surface area (Å²) in [5.74, 6) is 1.30. The van der Waals surface area contributed by atoms with Crippen molar-refractivity contribution < 1.29 is 4.74 Å². The molecule has 1 aliphatic heterocycles. The van der Waals surface area contributed by atoms with Crippen LogP contribution in [0.5, 0.6) is 0 Å². The molecule has 4 heteroatoms. The van der Waals surface area contributed by atoms with Gasteiger partial charge in [0.25, 0.3) is 0 Å². The second-order valence-corrected chi connectivity index (χ2v) is 9.76. The van der Waals surface area contributed by atoms with Crippen molar-refractivity contribution in [3.63, 3.8) is 0 Å². The highest BCUT2D eigenvalue weighted by Gasteiger charge is 2.24. The van der Waals surface area contributed by atoms with Gasteiger partial charge in [-0.2, -0.15) is 10.5 Å². The van der Waals surface area contributed by atoms with E-state index in [9.17, 15) is 10.5 Å². The van der Waals surface area contributed by atoms with Gasteiger partial charge >= 0.3 is 0 Å². The molecule has 2 heterocycles. The van der Waals surface area contributed by atoms with Crippen molar-refractivity contribution in [3.8, 4) is 17.8 Å². The Hall–Kier alpha value is -4.80. The zero-order chi connectivity index (χ0) is 25.3. The molecule has 0 saturated heterocycles. The molecule has 5 rings (SSSR count). The lowest BCUT2D eigenvalue weighted by Crippen LogP contribution is -2.15. The Morgan fingerprint density at radius 3 is 1.92 bits per heavy atom. The predicted molar refractivity (Wildman–Crippen MR) is 145 cm³/mol. The number of fused-ring (bicyclic) bond motifs is 3. The maximum atomic E-state index is 9.35. The van der Waals surface area contributed by atoms with E-state index in [0.29, 0.717) is 17.1 Å². The molecule has 1 aliphatic rings. The lowest BCUT2D eigenvalue weighted by Gasteiger charge is -2.26. The highest BCUT2D eigenvalue weighted by Crippen LogP contribution is 2.35. The van der Waals surface area contributed by atoms with Gasteiger partial charge in [0.1, 0.15) is 29.2 Å². The van der Waals surface area contributed by atoms with E-state index in [1.807, 2.05) is 45.1 Å². The first-order chi connectivity index (χ1) is 17.4. The van der Waals surface area contributed by atoms with E-state index in [-0.39, 0.29) is 11.0 Å². The zero-order valence-corrected chi connectivity index (χ0v) is 20.5. The van der Waals surface area contributed by atoms with E-state index in [2.05, 4.69) is 77.4 Å². The Bertz CT molecular complexity index is 1620. The Morgan fingerprint density at radius 2 is 1.36 bits per heavy atom. The maximum absolute atomic E-state index is 9.35. The summed E-state index contributed by atoms with van der Waals surface area (Å²) >= 11 is 0. The predicted octanol–water partition coefficient (Wildman–Crippen LogP) is 7.98. The normalized spacial score (nSPS) is 13.8. The summed E-state index contributed by atoms with van der Waals surface area (Å²) in [5.41, 5.74) is 4.83. The standard InChI is InChI=1S/C32H25N3O/c1-32(2,3)31-19-23(24(20-33)21-34)18-26(36-31)17-14-22-12-15-25(16-13-22)35-29-10-6-4-8-27(29)28-9-5-7-11-30(28)35/h4-19H,1-3H3/b17-14+. The fraction of sp³-hybridized carbons (Fsp3) is 0.125. The van der Waals surface area contributed by atoms with E-state index in [4.69, 9.17) is 4.74 Å². The lowest BCUT2D eigenvalue weighted by atomic mass is 9.90. The van der Waals surface area contributed by atoms with Gasteiger partial charge in [-0.3, -0.25) is 0 Å². The van der Waals surface area contributed by atoms with Crippen LogP contribution in [-0.2, 0) is 4.74 Å². The molecule has 0 atom stereocenters. The van der Waals surface area contributed by atoms with Crippen molar-refractivity contribution in [1.29, 1.82) is 10.5 Å². The van der Waals surface area contributed by atoms with Crippen molar-refractivity contribution in [3.05, 3.63) is 119 Å². The summed E-state index contributed by atoms with van der Waals surface area (Å²) < 4.78 is 8.38. The first-order valence-electron chi connectivity index (χ1n) is 11.8. The van der Waals surface area contributed by atoms with Gasteiger partial charge < -0.3 is 9.30 Å². The molecule has 0 unspecified atom stereocenters. The monoisotopic (exact) mass is 467 g/mol. The van der Waals surface area contributed by atoms with Crippen LogP contribution in [0.3, 0.4) is 0 Å². The molecule has 36 heavy (non-hydrogen) atoms. The quantitative estimate of drug-likeness (QED) is 0.287. The largest absolute Gasteiger partial charge is 0.461 e. The number of aromatic nitrogens is 1. The Kier molecular flexibility index (Phi) is 5.80. The van der Waals surface area contributed by atoms with Gasteiger partial charge in [-0.1, -0.05) is 75.4 Å². The summed E-state index contributed by atoms with van der Waals surface area (Å²) in [6.45, 7) is 6.11. The van der Waals surface area contributed by atoms with Crippen molar-refractivity contribution >= 4 is 27.9 Å². The van der Waals surface area contributed by atoms with Gasteiger partial charge in [-0.05, 0) is 48.1 Å². The van der Waals surface area contributed by atoms with Gasteiger partial charge in [0.05, 0.1) is 11.0 Å². The molecule has 0 amide bonds. The van der Waals surface area contributed by atoms with Gasteiger partial charge in [-0.25, -0.2) is 0 Å². The highest BCUT2D eigenvalue weighted by atomic mass is 16.5. The van der Waals surface area contributed by atoms with E-state index in [1.54, 1.807) is 12.2 Å². The van der Waals surface area contributed by atoms with Crippen LogP contribution in [-0.4, -0.2) is 4.57 Å². The average molecular weight is 468 g/mol. The van der Waals surface area contributed by atoms with Crippen molar-refractivity contribution in [2.24, 2.45) is 5.41 Å². The lowest BCUT2D eigenvalue weighted by molar-refractivity contribution is 0.223. The van der Waals surface area contributed by atoms with Crippen molar-refractivity contribution in [2.45, 2.75) is 20.8 Å². The molecule has 0 saturated carbocycles. The number of hydrogen-bond acceptors (Lipinski definition) is 3. The molecule has 4 aromatic rings. The molecule has 0 aliphatic carbocycles. The van der Waals surface area contributed by atoms with Crippen molar-refractivity contribution in [2.75, 3.05) is 0 Å². The molecule has 0 radical (unpaired) electrons. The molecule has 0 bridgehead atoms. The third kappa shape index (κ3) is 4.22. The number of nitriles is 2. The van der Waals surface area contributed by atoms with Crippen LogP contribution in [0.25, 0.3) is 33.6 Å². The summed E-state index contributed by atoms with van der Waals surface area (Å²) in [6.07, 6.45) is 7.36. The first kappa shape index (κ1) is 23.0. The second kappa shape index (κ2) is 9.10. The fourth-order valence-electron chi connectivity index (χ4n) is 4.39. The molecule has 174 valence electrons. The van der Waals surface area contributed by atoms with Gasteiger partial charge in [-0.15, -0.1) is 0 Å². The second-order valence-electron chi connectivity index (χ2n) is 9.76. The van der Waals surface area contributed by atoms with Crippen molar-refractivity contribution in [1.82, 2.24) is 4.57 Å². The minimum absolute atomic E-state index is 0.0708. The van der Waals surface area contributed by atoms with Crippen LogP contribution in [0.1, 0.15) is 26.3 Å². The first-order valence-corrected chi connectivity index (χ1v) is 11.8. The number of ether oxygens (including phenoxy) is 1. The molecule has 4 nitrogen and oxygen atoms in total. The smallest absolute Gasteiger partial charge is 0.137 e. The van der Waals surface area contributed by atoms with Crippen LogP contribution in [0, 0.1) is 28.1 Å². The maximum Gasteiger partial charge on any atom is 0.137 e. The van der Waals surface area contributed by atoms with Crippen LogP contribution in [0.2, 0.25) is 0 Å². The van der Waals surface area contributed by atoms with Crippen LogP contribution in [0.15, 0.2) is 114 Å². The van der Waals surface area contributed by atoms with Crippen LogP contribution < -0.4 is 0 Å². The topological polar surface area (TPSA) is 61.7 Å². The Morgan fingerprint density at radius 1 is 0.778 bits per heavy atom. The third-order valence-electron chi connectivity index (χ3n) is 6.24. The molecule has 0 spiro atoms. The van der Waals surface area contributed by atoms with Crippen LogP contribution in [0.4, 0.5) is 0 Å². The SMILES string of the molecule is CC(C)(C)C1=CC(=C(C#N)C#N)C=C(/C=C/c2ccc(-n3c4ccccc4c4ccccc43)cc2)O1. The third-order valence-corrected chi connectivity index (χ3v) is 6.24. The summed E-state index contributed by atoms with van der Waals surface area (Å²) in [7, 11) is 0. The minimum atomic E-state index is -0.265.